The van der Waals surface area contributed by atoms with Gasteiger partial charge in [-0.2, -0.15) is 0 Å². The summed E-state index contributed by atoms with van der Waals surface area (Å²) in [7, 11) is 0. The van der Waals surface area contributed by atoms with Crippen LogP contribution in [0.3, 0.4) is 0 Å². The van der Waals surface area contributed by atoms with Crippen molar-refractivity contribution < 1.29 is 8.78 Å². The van der Waals surface area contributed by atoms with Crippen molar-refractivity contribution in [3.8, 4) is 0 Å². The van der Waals surface area contributed by atoms with Gasteiger partial charge in [0.15, 0.2) is 0 Å². The van der Waals surface area contributed by atoms with Gasteiger partial charge in [0.2, 0.25) is 0 Å². The summed E-state index contributed by atoms with van der Waals surface area (Å²) in [4.78, 5) is 11.5. The Hall–Kier alpha value is -1.19. The molecule has 1 aromatic rings. The van der Waals surface area contributed by atoms with Crippen LogP contribution in [0.15, 0.2) is 23.1 Å². The molecule has 0 amide bonds. The number of alkyl halides is 2. The third kappa shape index (κ3) is 1.45. The van der Waals surface area contributed by atoms with Crippen LogP contribution in [-0.4, -0.2) is 10.5 Å². The zero-order valence-electron chi connectivity index (χ0n) is 7.84. The number of aromatic nitrogens is 1. The molecule has 0 unspecified atom stereocenters. The summed E-state index contributed by atoms with van der Waals surface area (Å²) in [5.74, 6) is -2.58. The minimum Gasteiger partial charge on any atom is -0.312 e. The van der Waals surface area contributed by atoms with Crippen LogP contribution in [0.1, 0.15) is 24.4 Å². The zero-order chi connectivity index (χ0) is 10.3. The second-order valence-electron chi connectivity index (χ2n) is 3.82. The largest absolute Gasteiger partial charge is 0.312 e. The van der Waals surface area contributed by atoms with Gasteiger partial charge in [0.25, 0.3) is 11.5 Å². The minimum absolute atomic E-state index is 0.159. The summed E-state index contributed by atoms with van der Waals surface area (Å²) in [6.45, 7) is 1.69. The van der Waals surface area contributed by atoms with Crippen LogP contribution in [0.2, 0.25) is 0 Å². The van der Waals surface area contributed by atoms with Gasteiger partial charge in [-0.05, 0) is 13.0 Å². The lowest BCUT2D eigenvalue weighted by molar-refractivity contribution is -0.105. The molecule has 76 valence electrons. The number of aryl methyl sites for hydroxylation is 1. The Morgan fingerprint density at radius 2 is 2.14 bits per heavy atom. The van der Waals surface area contributed by atoms with Gasteiger partial charge in [0.1, 0.15) is 0 Å². The predicted molar refractivity (Wildman–Crippen MR) is 48.7 cm³/mol. The molecule has 2 rings (SSSR count). The van der Waals surface area contributed by atoms with Crippen molar-refractivity contribution in [3.05, 3.63) is 34.2 Å². The Balaban J connectivity index is 2.27. The van der Waals surface area contributed by atoms with Crippen molar-refractivity contribution in [1.29, 1.82) is 0 Å². The first-order chi connectivity index (χ1) is 6.49. The molecule has 0 aromatic carbocycles. The van der Waals surface area contributed by atoms with Crippen molar-refractivity contribution in [1.82, 2.24) is 4.57 Å². The second kappa shape index (κ2) is 2.90. The number of rotatable bonds is 1. The van der Waals surface area contributed by atoms with Gasteiger partial charge in [-0.3, -0.25) is 4.79 Å². The quantitative estimate of drug-likeness (QED) is 0.679. The van der Waals surface area contributed by atoms with Gasteiger partial charge in [-0.1, -0.05) is 6.07 Å². The molecule has 1 fully saturated rings. The Kier molecular flexibility index (Phi) is 1.94. The molecule has 0 N–H and O–H groups in total. The molecular formula is C10H11F2NO. The van der Waals surface area contributed by atoms with Crippen molar-refractivity contribution in [2.24, 2.45) is 0 Å². The maximum Gasteiger partial charge on any atom is 0.253 e. The third-order valence-electron chi connectivity index (χ3n) is 2.63. The van der Waals surface area contributed by atoms with Crippen molar-refractivity contribution >= 4 is 0 Å². The van der Waals surface area contributed by atoms with Gasteiger partial charge < -0.3 is 4.57 Å². The van der Waals surface area contributed by atoms with Crippen LogP contribution in [0.5, 0.6) is 0 Å². The van der Waals surface area contributed by atoms with Crippen LogP contribution in [-0.2, 0) is 0 Å². The highest BCUT2D eigenvalue weighted by Crippen LogP contribution is 2.44. The van der Waals surface area contributed by atoms with Crippen LogP contribution in [0, 0.1) is 6.92 Å². The molecule has 0 saturated heterocycles. The average Bonchev–Trinajstić information content (AvgIpc) is 2.06. The van der Waals surface area contributed by atoms with E-state index in [4.69, 9.17) is 0 Å². The second-order valence-corrected chi connectivity index (χ2v) is 3.82. The molecule has 14 heavy (non-hydrogen) atoms. The van der Waals surface area contributed by atoms with Gasteiger partial charge in [-0.15, -0.1) is 0 Å². The Morgan fingerprint density at radius 1 is 1.50 bits per heavy atom. The Morgan fingerprint density at radius 3 is 2.71 bits per heavy atom. The number of hydrogen-bond acceptors (Lipinski definition) is 1. The van der Waals surface area contributed by atoms with Crippen LogP contribution >= 0.6 is 0 Å². The summed E-state index contributed by atoms with van der Waals surface area (Å²) in [5, 5.41) is 0. The molecule has 0 radical (unpaired) electrons. The lowest BCUT2D eigenvalue weighted by Gasteiger charge is -2.36. The van der Waals surface area contributed by atoms with Crippen molar-refractivity contribution in [2.75, 3.05) is 0 Å². The van der Waals surface area contributed by atoms with E-state index in [-0.39, 0.29) is 24.4 Å². The predicted octanol–water partition coefficient (Wildman–Crippen LogP) is 2.13. The number of halogens is 2. The van der Waals surface area contributed by atoms with Crippen LogP contribution in [0.25, 0.3) is 0 Å². The highest BCUT2D eigenvalue weighted by atomic mass is 19.3. The average molecular weight is 199 g/mol. The molecule has 1 aliphatic carbocycles. The monoisotopic (exact) mass is 199 g/mol. The topological polar surface area (TPSA) is 22.0 Å². The summed E-state index contributed by atoms with van der Waals surface area (Å²) in [6.07, 6.45) is 1.15. The first-order valence-corrected chi connectivity index (χ1v) is 4.55. The van der Waals surface area contributed by atoms with E-state index in [0.29, 0.717) is 5.56 Å². The molecule has 2 nitrogen and oxygen atoms in total. The number of pyridine rings is 1. The molecule has 1 saturated carbocycles. The molecular weight excluding hydrogens is 188 g/mol. The third-order valence-corrected chi connectivity index (χ3v) is 2.63. The molecule has 1 heterocycles. The highest BCUT2D eigenvalue weighted by Gasteiger charge is 2.46. The fourth-order valence-electron chi connectivity index (χ4n) is 1.74. The molecule has 0 atom stereocenters. The van der Waals surface area contributed by atoms with E-state index in [9.17, 15) is 13.6 Å². The van der Waals surface area contributed by atoms with E-state index >= 15 is 0 Å². The Labute approximate surface area is 80.2 Å². The van der Waals surface area contributed by atoms with E-state index in [1.54, 1.807) is 25.3 Å². The fourth-order valence-corrected chi connectivity index (χ4v) is 1.74. The summed E-state index contributed by atoms with van der Waals surface area (Å²) in [5.41, 5.74) is 0.440. The van der Waals surface area contributed by atoms with E-state index < -0.39 is 5.92 Å². The molecule has 0 spiro atoms. The van der Waals surface area contributed by atoms with E-state index in [0.717, 1.165) is 0 Å². The number of nitrogens with zero attached hydrogens (tertiary/aromatic N) is 1. The van der Waals surface area contributed by atoms with Gasteiger partial charge in [0, 0.05) is 30.6 Å². The van der Waals surface area contributed by atoms with Gasteiger partial charge in [-0.25, -0.2) is 8.78 Å². The first kappa shape index (κ1) is 9.37. The molecule has 1 aromatic heterocycles. The van der Waals surface area contributed by atoms with Gasteiger partial charge >= 0.3 is 0 Å². The summed E-state index contributed by atoms with van der Waals surface area (Å²) < 4.78 is 26.6. The molecule has 4 heteroatoms. The first-order valence-electron chi connectivity index (χ1n) is 4.55. The van der Waals surface area contributed by atoms with Gasteiger partial charge in [0.05, 0.1) is 0 Å². The molecule has 0 bridgehead atoms. The smallest absolute Gasteiger partial charge is 0.253 e. The van der Waals surface area contributed by atoms with Crippen molar-refractivity contribution in [2.45, 2.75) is 31.7 Å². The van der Waals surface area contributed by atoms with E-state index in [1.165, 1.54) is 4.57 Å². The van der Waals surface area contributed by atoms with E-state index in [2.05, 4.69) is 0 Å². The SMILES string of the molecule is Cc1cccn(C2CC(F)(F)C2)c1=O. The normalized spacial score (nSPS) is 20.5. The number of hydrogen-bond donors (Lipinski definition) is 0. The standard InChI is InChI=1S/C10H11F2NO/c1-7-3-2-4-13(9(7)14)8-5-10(11,12)6-8/h2-4,8H,5-6H2,1H3. The van der Waals surface area contributed by atoms with Crippen LogP contribution in [0.4, 0.5) is 8.78 Å². The maximum atomic E-state index is 12.6. The minimum atomic E-state index is -2.58. The van der Waals surface area contributed by atoms with E-state index in [1.807, 2.05) is 0 Å². The highest BCUT2D eigenvalue weighted by molar-refractivity contribution is 5.09. The van der Waals surface area contributed by atoms with Crippen LogP contribution < -0.4 is 5.56 Å². The molecule has 1 aliphatic rings. The summed E-state index contributed by atoms with van der Waals surface area (Å²) >= 11 is 0. The lowest BCUT2D eigenvalue weighted by atomic mass is 9.88. The van der Waals surface area contributed by atoms with Crippen molar-refractivity contribution in [3.63, 3.8) is 0 Å². The molecule has 0 aliphatic heterocycles. The fraction of sp³-hybridized carbons (Fsp3) is 0.500. The zero-order valence-corrected chi connectivity index (χ0v) is 7.84. The Bertz CT molecular complexity index is 403. The summed E-state index contributed by atoms with van der Waals surface area (Å²) in [6, 6.07) is 3.08. The lowest BCUT2D eigenvalue weighted by Crippen LogP contribution is -2.41. The maximum absolute atomic E-state index is 12.6.